The minimum absolute atomic E-state index is 0.110. The predicted octanol–water partition coefficient (Wildman–Crippen LogP) is 2.81. The lowest BCUT2D eigenvalue weighted by molar-refractivity contribution is 0.0972. The summed E-state index contributed by atoms with van der Waals surface area (Å²) < 4.78 is 1.69. The number of Topliss-reactive ketones (excluding diaryl/α,β-unsaturated/α-hetero) is 1. The molecule has 1 heterocycles. The molecule has 2 rings (SSSR count). The van der Waals surface area contributed by atoms with Crippen molar-refractivity contribution in [3.05, 3.63) is 47.3 Å². The van der Waals surface area contributed by atoms with Gasteiger partial charge in [-0.3, -0.25) is 4.79 Å². The maximum atomic E-state index is 12.1. The van der Waals surface area contributed by atoms with Gasteiger partial charge in [0.2, 0.25) is 0 Å². The van der Waals surface area contributed by atoms with Gasteiger partial charge in [-0.15, -0.1) is 5.10 Å². The van der Waals surface area contributed by atoms with Crippen molar-refractivity contribution < 1.29 is 4.79 Å². The van der Waals surface area contributed by atoms with Crippen molar-refractivity contribution in [3.63, 3.8) is 0 Å². The first-order chi connectivity index (χ1) is 9.20. The molecule has 19 heavy (non-hydrogen) atoms. The van der Waals surface area contributed by atoms with Crippen LogP contribution in [0.25, 0.3) is 0 Å². The van der Waals surface area contributed by atoms with Gasteiger partial charge < -0.3 is 0 Å². The van der Waals surface area contributed by atoms with Crippen LogP contribution in [-0.4, -0.2) is 20.8 Å². The predicted molar refractivity (Wildman–Crippen MR) is 74.1 cm³/mol. The van der Waals surface area contributed by atoms with E-state index in [2.05, 4.69) is 48.4 Å². The Labute approximate surface area is 113 Å². The molecule has 100 valence electrons. The van der Waals surface area contributed by atoms with Crippen LogP contribution in [0.15, 0.2) is 30.5 Å². The first kappa shape index (κ1) is 13.5. The Kier molecular flexibility index (Phi) is 4.44. The third-order valence-electron chi connectivity index (χ3n) is 3.10. The Bertz CT molecular complexity index is 543. The molecule has 1 aromatic heterocycles. The van der Waals surface area contributed by atoms with Gasteiger partial charge in [-0.25, -0.2) is 4.68 Å². The van der Waals surface area contributed by atoms with Crippen molar-refractivity contribution in [2.24, 2.45) is 0 Å². The molecular formula is C15H19N3O. The normalized spacial score (nSPS) is 10.6. The number of hydrogen-bond donors (Lipinski definition) is 0. The first-order valence-electron chi connectivity index (χ1n) is 6.68. The van der Waals surface area contributed by atoms with Crippen LogP contribution in [-0.2, 0) is 13.0 Å². The van der Waals surface area contributed by atoms with Crippen LogP contribution in [0.2, 0.25) is 0 Å². The van der Waals surface area contributed by atoms with Crippen LogP contribution in [0.5, 0.6) is 0 Å². The zero-order valence-corrected chi connectivity index (χ0v) is 11.5. The first-order valence-corrected chi connectivity index (χ1v) is 6.68. The Morgan fingerprint density at radius 1 is 1.26 bits per heavy atom. The molecule has 0 aliphatic carbocycles. The van der Waals surface area contributed by atoms with Gasteiger partial charge in [0.15, 0.2) is 5.78 Å². The fraction of sp³-hybridized carbons (Fsp3) is 0.400. The molecule has 0 saturated carbocycles. The fourth-order valence-corrected chi connectivity index (χ4v) is 1.99. The van der Waals surface area contributed by atoms with Crippen LogP contribution in [0, 0.1) is 6.92 Å². The molecule has 0 aliphatic rings. The third-order valence-corrected chi connectivity index (χ3v) is 3.10. The Morgan fingerprint density at radius 2 is 2.00 bits per heavy atom. The summed E-state index contributed by atoms with van der Waals surface area (Å²) in [5.41, 5.74) is 3.04. The van der Waals surface area contributed by atoms with Gasteiger partial charge in [0, 0.05) is 13.0 Å². The van der Waals surface area contributed by atoms with Crippen molar-refractivity contribution >= 4 is 5.78 Å². The van der Waals surface area contributed by atoms with E-state index in [1.165, 1.54) is 11.1 Å². The number of carbonyl (C=O) groups is 1. The van der Waals surface area contributed by atoms with Gasteiger partial charge in [-0.2, -0.15) is 0 Å². The van der Waals surface area contributed by atoms with Gasteiger partial charge in [0.25, 0.3) is 0 Å². The lowest BCUT2D eigenvalue weighted by atomic mass is 10.1. The summed E-state index contributed by atoms with van der Waals surface area (Å²) in [7, 11) is 0. The largest absolute Gasteiger partial charge is 0.292 e. The summed E-state index contributed by atoms with van der Waals surface area (Å²) in [6.07, 6.45) is 3.77. The van der Waals surface area contributed by atoms with Crippen LogP contribution in [0.1, 0.15) is 41.4 Å². The third kappa shape index (κ3) is 3.50. The Morgan fingerprint density at radius 3 is 2.68 bits per heavy atom. The second-order valence-corrected chi connectivity index (χ2v) is 4.75. The number of carbonyl (C=O) groups excluding carboxylic acids is 1. The fourth-order valence-electron chi connectivity index (χ4n) is 1.99. The highest BCUT2D eigenvalue weighted by Gasteiger charge is 2.12. The molecule has 0 amide bonds. The molecule has 0 aliphatic heterocycles. The molecule has 2 aromatic rings. The molecule has 0 saturated heterocycles. The Hall–Kier alpha value is -1.97. The molecule has 0 spiro atoms. The van der Waals surface area contributed by atoms with Crippen molar-refractivity contribution in [1.82, 2.24) is 15.0 Å². The average Bonchev–Trinajstić information content (AvgIpc) is 2.86. The van der Waals surface area contributed by atoms with Crippen molar-refractivity contribution in [1.29, 1.82) is 0 Å². The lowest BCUT2D eigenvalue weighted by Gasteiger charge is -2.04. The monoisotopic (exact) mass is 257 g/mol. The van der Waals surface area contributed by atoms with E-state index in [0.717, 1.165) is 19.4 Å². The van der Waals surface area contributed by atoms with E-state index >= 15 is 0 Å². The highest BCUT2D eigenvalue weighted by molar-refractivity contribution is 5.94. The molecule has 0 unspecified atom stereocenters. The molecule has 0 atom stereocenters. The lowest BCUT2D eigenvalue weighted by Crippen LogP contribution is -2.11. The summed E-state index contributed by atoms with van der Waals surface area (Å²) in [6, 6.07) is 8.29. The summed E-state index contributed by atoms with van der Waals surface area (Å²) in [4.78, 5) is 12.1. The zero-order chi connectivity index (χ0) is 13.7. The number of benzene rings is 1. The van der Waals surface area contributed by atoms with Crippen LogP contribution < -0.4 is 0 Å². The number of hydrogen-bond acceptors (Lipinski definition) is 3. The van der Waals surface area contributed by atoms with Gasteiger partial charge >= 0.3 is 0 Å². The molecule has 0 N–H and O–H groups in total. The minimum Gasteiger partial charge on any atom is -0.292 e. The summed E-state index contributed by atoms with van der Waals surface area (Å²) in [6.45, 7) is 4.86. The minimum atomic E-state index is 0.110. The average molecular weight is 257 g/mol. The van der Waals surface area contributed by atoms with Gasteiger partial charge in [0.05, 0.1) is 6.20 Å². The molecule has 0 fully saturated rings. The molecule has 4 nitrogen and oxygen atoms in total. The number of nitrogens with zero attached hydrogens (tertiary/aromatic N) is 3. The van der Waals surface area contributed by atoms with E-state index in [4.69, 9.17) is 0 Å². The second-order valence-electron chi connectivity index (χ2n) is 4.75. The van der Waals surface area contributed by atoms with E-state index in [9.17, 15) is 4.79 Å². The quantitative estimate of drug-likeness (QED) is 0.748. The van der Waals surface area contributed by atoms with E-state index in [-0.39, 0.29) is 5.78 Å². The van der Waals surface area contributed by atoms with Crippen LogP contribution in [0.3, 0.4) is 0 Å². The van der Waals surface area contributed by atoms with E-state index < -0.39 is 0 Å². The van der Waals surface area contributed by atoms with Gasteiger partial charge in [0.1, 0.15) is 5.69 Å². The summed E-state index contributed by atoms with van der Waals surface area (Å²) in [5, 5.41) is 7.76. The number of aryl methyl sites for hydroxylation is 3. The molecular weight excluding hydrogens is 238 g/mol. The number of aromatic nitrogens is 3. The summed E-state index contributed by atoms with van der Waals surface area (Å²) in [5.74, 6) is 0.110. The second kappa shape index (κ2) is 6.27. The highest BCUT2D eigenvalue weighted by atomic mass is 16.1. The molecule has 0 radical (unpaired) electrons. The van der Waals surface area contributed by atoms with Crippen molar-refractivity contribution in [2.45, 2.75) is 39.7 Å². The Balaban J connectivity index is 1.97. The van der Waals surface area contributed by atoms with Gasteiger partial charge in [-0.05, 0) is 25.3 Å². The molecule has 1 aromatic carbocycles. The van der Waals surface area contributed by atoms with Gasteiger partial charge in [-0.1, -0.05) is 42.0 Å². The standard InChI is InChI=1S/C15H19N3O/c1-3-10-18-14(11-16-17-18)15(19)9-8-13-6-4-12(2)5-7-13/h4-7,11H,3,8-10H2,1-2H3. The topological polar surface area (TPSA) is 47.8 Å². The maximum Gasteiger partial charge on any atom is 0.182 e. The smallest absolute Gasteiger partial charge is 0.182 e. The molecule has 4 heteroatoms. The maximum absolute atomic E-state index is 12.1. The van der Waals surface area contributed by atoms with E-state index in [0.29, 0.717) is 12.1 Å². The highest BCUT2D eigenvalue weighted by Crippen LogP contribution is 2.09. The van der Waals surface area contributed by atoms with Crippen molar-refractivity contribution in [3.8, 4) is 0 Å². The number of rotatable bonds is 6. The van der Waals surface area contributed by atoms with Crippen LogP contribution >= 0.6 is 0 Å². The van der Waals surface area contributed by atoms with E-state index in [1.807, 2.05) is 0 Å². The molecule has 0 bridgehead atoms. The van der Waals surface area contributed by atoms with Crippen molar-refractivity contribution in [2.75, 3.05) is 0 Å². The SMILES string of the molecule is CCCn1nncc1C(=O)CCc1ccc(C)cc1. The zero-order valence-electron chi connectivity index (χ0n) is 11.5. The van der Waals surface area contributed by atoms with Crippen LogP contribution in [0.4, 0.5) is 0 Å². The number of ketones is 1. The summed E-state index contributed by atoms with van der Waals surface area (Å²) >= 11 is 0. The van der Waals surface area contributed by atoms with E-state index in [1.54, 1.807) is 10.9 Å².